The summed E-state index contributed by atoms with van der Waals surface area (Å²) in [4.78, 5) is 14.8. The van der Waals surface area contributed by atoms with Gasteiger partial charge >= 0.3 is 0 Å². The van der Waals surface area contributed by atoms with Crippen molar-refractivity contribution in [1.82, 2.24) is 10.2 Å². The Labute approximate surface area is 168 Å². The number of carbonyl (C=O) groups is 1. The average molecular weight is 404 g/mol. The van der Waals surface area contributed by atoms with E-state index in [9.17, 15) is 4.79 Å². The lowest BCUT2D eigenvalue weighted by atomic mass is 9.95. The number of ether oxygens (including phenoxy) is 1. The minimum absolute atomic E-state index is 0. The van der Waals surface area contributed by atoms with Crippen LogP contribution in [0.1, 0.15) is 24.8 Å². The summed E-state index contributed by atoms with van der Waals surface area (Å²) in [5, 5.41) is 3.10. The molecule has 0 aromatic heterocycles. The lowest BCUT2D eigenvalue weighted by molar-refractivity contribution is -0.127. The van der Waals surface area contributed by atoms with Crippen molar-refractivity contribution < 1.29 is 9.53 Å². The maximum Gasteiger partial charge on any atom is 0.223 e. The molecule has 26 heavy (non-hydrogen) atoms. The summed E-state index contributed by atoms with van der Waals surface area (Å²) in [6.07, 6.45) is 3.24. The standard InChI is InChI=1S/C19H29N3O2.2ClH/c20-11-16-7-4-8-18(16)19(23)21-12-17-14-22(9-10-24-17)13-15-5-2-1-3-6-15;;/h1-3,5-6,16-18H,4,7-14,20H2,(H,21,23);2*1H/t16-,17?,18-;;/m1../s1. The van der Waals surface area contributed by atoms with Crippen molar-refractivity contribution in [3.8, 4) is 0 Å². The Morgan fingerprint density at radius 2 is 2.00 bits per heavy atom. The van der Waals surface area contributed by atoms with E-state index < -0.39 is 0 Å². The normalized spacial score (nSPS) is 25.8. The van der Waals surface area contributed by atoms with Gasteiger partial charge in [0.15, 0.2) is 0 Å². The summed E-state index contributed by atoms with van der Waals surface area (Å²) in [6.45, 7) is 4.67. The fourth-order valence-electron chi connectivity index (χ4n) is 3.90. The smallest absolute Gasteiger partial charge is 0.223 e. The summed E-state index contributed by atoms with van der Waals surface area (Å²) >= 11 is 0. The zero-order chi connectivity index (χ0) is 16.8. The Kier molecular flexibility index (Phi) is 10.5. The zero-order valence-electron chi connectivity index (χ0n) is 15.1. The van der Waals surface area contributed by atoms with Gasteiger partial charge in [-0.05, 0) is 30.9 Å². The quantitative estimate of drug-likeness (QED) is 0.763. The zero-order valence-corrected chi connectivity index (χ0v) is 16.8. The van der Waals surface area contributed by atoms with Crippen LogP contribution in [0.15, 0.2) is 30.3 Å². The van der Waals surface area contributed by atoms with Crippen molar-refractivity contribution in [2.24, 2.45) is 17.6 Å². The van der Waals surface area contributed by atoms with Crippen LogP contribution in [-0.2, 0) is 16.1 Å². The highest BCUT2D eigenvalue weighted by Gasteiger charge is 2.32. The number of nitrogens with zero attached hydrogens (tertiary/aromatic N) is 1. The number of morpholine rings is 1. The van der Waals surface area contributed by atoms with Crippen LogP contribution >= 0.6 is 24.8 Å². The molecule has 0 spiro atoms. The Hall–Kier alpha value is -0.850. The van der Waals surface area contributed by atoms with Gasteiger partial charge in [-0.3, -0.25) is 9.69 Å². The molecule has 7 heteroatoms. The van der Waals surface area contributed by atoms with Crippen molar-refractivity contribution in [3.63, 3.8) is 0 Å². The molecular formula is C19H31Cl2N3O2. The minimum Gasteiger partial charge on any atom is -0.374 e. The Morgan fingerprint density at radius 1 is 1.23 bits per heavy atom. The fourth-order valence-corrected chi connectivity index (χ4v) is 3.90. The molecule has 1 saturated heterocycles. The molecule has 5 nitrogen and oxygen atoms in total. The number of nitrogens with two attached hydrogens (primary N) is 1. The van der Waals surface area contributed by atoms with Gasteiger partial charge in [0, 0.05) is 32.1 Å². The van der Waals surface area contributed by atoms with Crippen LogP contribution < -0.4 is 11.1 Å². The van der Waals surface area contributed by atoms with E-state index in [1.54, 1.807) is 0 Å². The van der Waals surface area contributed by atoms with Crippen LogP contribution in [0, 0.1) is 11.8 Å². The SMILES string of the molecule is Cl.Cl.NC[C@H]1CCC[C@H]1C(=O)NCC1CN(Cc2ccccc2)CCO1. The van der Waals surface area contributed by atoms with Gasteiger partial charge in [-0.15, -0.1) is 24.8 Å². The van der Waals surface area contributed by atoms with Crippen LogP contribution in [0.2, 0.25) is 0 Å². The van der Waals surface area contributed by atoms with E-state index in [0.29, 0.717) is 19.0 Å². The molecule has 0 bridgehead atoms. The first-order chi connectivity index (χ1) is 11.8. The minimum atomic E-state index is 0. The number of benzene rings is 1. The van der Waals surface area contributed by atoms with Gasteiger partial charge in [0.25, 0.3) is 0 Å². The lowest BCUT2D eigenvalue weighted by Crippen LogP contribution is -2.48. The lowest BCUT2D eigenvalue weighted by Gasteiger charge is -2.33. The second kappa shape index (κ2) is 11.8. The van der Waals surface area contributed by atoms with Gasteiger partial charge in [0.1, 0.15) is 0 Å². The Bertz CT molecular complexity index is 533. The third-order valence-electron chi connectivity index (χ3n) is 5.27. The first-order valence-electron chi connectivity index (χ1n) is 9.12. The van der Waals surface area contributed by atoms with Gasteiger partial charge < -0.3 is 15.8 Å². The molecule has 1 amide bonds. The molecule has 3 atom stereocenters. The number of nitrogens with one attached hydrogen (secondary N) is 1. The van der Waals surface area contributed by atoms with Gasteiger partial charge in [-0.25, -0.2) is 0 Å². The number of halogens is 2. The van der Waals surface area contributed by atoms with Gasteiger partial charge in [0.2, 0.25) is 5.91 Å². The van der Waals surface area contributed by atoms with Crippen LogP contribution in [-0.4, -0.2) is 49.7 Å². The van der Waals surface area contributed by atoms with Crippen molar-refractivity contribution >= 4 is 30.7 Å². The average Bonchev–Trinajstić information content (AvgIpc) is 3.10. The molecule has 3 N–H and O–H groups in total. The van der Waals surface area contributed by atoms with E-state index in [4.69, 9.17) is 10.5 Å². The molecule has 1 aromatic carbocycles. The van der Waals surface area contributed by atoms with E-state index in [-0.39, 0.29) is 42.7 Å². The third-order valence-corrected chi connectivity index (χ3v) is 5.27. The fraction of sp³-hybridized carbons (Fsp3) is 0.632. The Morgan fingerprint density at radius 3 is 2.73 bits per heavy atom. The highest BCUT2D eigenvalue weighted by molar-refractivity contribution is 5.85. The highest BCUT2D eigenvalue weighted by atomic mass is 35.5. The molecule has 2 fully saturated rings. The van der Waals surface area contributed by atoms with Crippen molar-refractivity contribution in [3.05, 3.63) is 35.9 Å². The van der Waals surface area contributed by atoms with Crippen molar-refractivity contribution in [2.75, 3.05) is 32.8 Å². The van der Waals surface area contributed by atoms with E-state index in [1.807, 2.05) is 6.07 Å². The predicted molar refractivity (Wildman–Crippen MR) is 109 cm³/mol. The Balaban J connectivity index is 0.00000169. The van der Waals surface area contributed by atoms with Crippen molar-refractivity contribution in [1.29, 1.82) is 0 Å². The maximum absolute atomic E-state index is 12.4. The molecule has 1 unspecified atom stereocenters. The summed E-state index contributed by atoms with van der Waals surface area (Å²) in [5.41, 5.74) is 7.10. The summed E-state index contributed by atoms with van der Waals surface area (Å²) in [7, 11) is 0. The van der Waals surface area contributed by atoms with Crippen molar-refractivity contribution in [2.45, 2.75) is 31.9 Å². The predicted octanol–water partition coefficient (Wildman–Crippen LogP) is 2.22. The third kappa shape index (κ3) is 6.39. The molecular weight excluding hydrogens is 373 g/mol. The van der Waals surface area contributed by atoms with Gasteiger partial charge in [-0.2, -0.15) is 0 Å². The topological polar surface area (TPSA) is 67.6 Å². The van der Waals surface area contributed by atoms with Crippen LogP contribution in [0.25, 0.3) is 0 Å². The van der Waals surface area contributed by atoms with E-state index >= 15 is 0 Å². The molecule has 1 aliphatic carbocycles. The van der Waals surface area contributed by atoms with Crippen LogP contribution in [0.5, 0.6) is 0 Å². The van der Waals surface area contributed by atoms with E-state index in [2.05, 4.69) is 34.5 Å². The molecule has 1 heterocycles. The number of hydrogen-bond donors (Lipinski definition) is 2. The van der Waals surface area contributed by atoms with Gasteiger partial charge in [0.05, 0.1) is 12.7 Å². The van der Waals surface area contributed by atoms with Crippen LogP contribution in [0.4, 0.5) is 0 Å². The maximum atomic E-state index is 12.4. The second-order valence-electron chi connectivity index (χ2n) is 6.99. The molecule has 1 aliphatic heterocycles. The molecule has 1 aromatic rings. The molecule has 1 saturated carbocycles. The number of rotatable bonds is 6. The first kappa shape index (κ1) is 23.2. The number of amides is 1. The number of carbonyl (C=O) groups excluding carboxylic acids is 1. The van der Waals surface area contributed by atoms with Gasteiger partial charge in [-0.1, -0.05) is 36.8 Å². The monoisotopic (exact) mass is 403 g/mol. The summed E-state index contributed by atoms with van der Waals surface area (Å²) in [5.74, 6) is 0.609. The summed E-state index contributed by atoms with van der Waals surface area (Å²) in [6, 6.07) is 10.5. The molecule has 0 radical (unpaired) electrons. The largest absolute Gasteiger partial charge is 0.374 e. The van der Waals surface area contributed by atoms with E-state index in [0.717, 1.165) is 45.5 Å². The first-order valence-corrected chi connectivity index (χ1v) is 9.12. The second-order valence-corrected chi connectivity index (χ2v) is 6.99. The van der Waals surface area contributed by atoms with E-state index in [1.165, 1.54) is 5.56 Å². The van der Waals surface area contributed by atoms with Crippen LogP contribution in [0.3, 0.4) is 0 Å². The molecule has 2 aliphatic rings. The highest BCUT2D eigenvalue weighted by Crippen LogP contribution is 2.30. The molecule has 148 valence electrons. The number of hydrogen-bond acceptors (Lipinski definition) is 4. The molecule has 3 rings (SSSR count). The summed E-state index contributed by atoms with van der Waals surface area (Å²) < 4.78 is 5.83.